The van der Waals surface area contributed by atoms with Crippen LogP contribution in [0.4, 0.5) is 4.79 Å². The van der Waals surface area contributed by atoms with E-state index in [-0.39, 0.29) is 18.1 Å². The summed E-state index contributed by atoms with van der Waals surface area (Å²) in [7, 11) is 0. The average molecular weight is 184 g/mol. The third-order valence-corrected chi connectivity index (χ3v) is 1.62. The van der Waals surface area contributed by atoms with Crippen LogP contribution >= 0.6 is 0 Å². The Morgan fingerprint density at radius 2 is 2.00 bits per heavy atom. The van der Waals surface area contributed by atoms with E-state index in [0.29, 0.717) is 6.54 Å². The SMILES string of the molecule is C=CCN(C(=O)NC(C)C)C(C)C. The molecule has 0 radical (unpaired) electrons. The monoisotopic (exact) mass is 184 g/mol. The maximum Gasteiger partial charge on any atom is 0.318 e. The van der Waals surface area contributed by atoms with Gasteiger partial charge in [0, 0.05) is 18.6 Å². The Morgan fingerprint density at radius 1 is 1.46 bits per heavy atom. The molecule has 0 fully saturated rings. The van der Waals surface area contributed by atoms with Gasteiger partial charge in [-0.3, -0.25) is 0 Å². The van der Waals surface area contributed by atoms with Gasteiger partial charge in [-0.2, -0.15) is 0 Å². The predicted molar refractivity (Wildman–Crippen MR) is 55.7 cm³/mol. The van der Waals surface area contributed by atoms with Gasteiger partial charge in [-0.05, 0) is 27.7 Å². The summed E-state index contributed by atoms with van der Waals surface area (Å²) in [6, 6.07) is 0.361. The molecule has 3 nitrogen and oxygen atoms in total. The minimum atomic E-state index is -0.0232. The highest BCUT2D eigenvalue weighted by Gasteiger charge is 2.15. The number of hydrogen-bond donors (Lipinski definition) is 1. The summed E-state index contributed by atoms with van der Waals surface area (Å²) in [4.78, 5) is 13.3. The van der Waals surface area contributed by atoms with Crippen molar-refractivity contribution in [1.29, 1.82) is 0 Å². The first kappa shape index (κ1) is 12.0. The molecule has 0 aromatic heterocycles. The van der Waals surface area contributed by atoms with E-state index in [1.165, 1.54) is 0 Å². The quantitative estimate of drug-likeness (QED) is 0.666. The zero-order valence-corrected chi connectivity index (χ0v) is 9.00. The van der Waals surface area contributed by atoms with Crippen molar-refractivity contribution in [2.45, 2.75) is 39.8 Å². The van der Waals surface area contributed by atoms with Gasteiger partial charge in [-0.15, -0.1) is 6.58 Å². The first-order valence-corrected chi connectivity index (χ1v) is 4.67. The van der Waals surface area contributed by atoms with Crippen molar-refractivity contribution in [1.82, 2.24) is 10.2 Å². The molecule has 1 N–H and O–H groups in total. The van der Waals surface area contributed by atoms with Gasteiger partial charge in [-0.25, -0.2) is 4.79 Å². The normalized spacial score (nSPS) is 10.3. The van der Waals surface area contributed by atoms with Crippen LogP contribution in [0.2, 0.25) is 0 Å². The van der Waals surface area contributed by atoms with Gasteiger partial charge in [0.1, 0.15) is 0 Å². The molecule has 0 spiro atoms. The Bertz CT molecular complexity index is 176. The molecule has 0 saturated heterocycles. The smallest absolute Gasteiger partial charge is 0.318 e. The van der Waals surface area contributed by atoms with Crippen LogP contribution in [0.25, 0.3) is 0 Å². The maximum atomic E-state index is 11.6. The van der Waals surface area contributed by atoms with Crippen molar-refractivity contribution in [2.75, 3.05) is 6.54 Å². The molecule has 13 heavy (non-hydrogen) atoms. The van der Waals surface area contributed by atoms with Crippen molar-refractivity contribution < 1.29 is 4.79 Å². The molecule has 0 aliphatic carbocycles. The Morgan fingerprint density at radius 3 is 2.31 bits per heavy atom. The fourth-order valence-electron chi connectivity index (χ4n) is 0.997. The average Bonchev–Trinajstić information content (AvgIpc) is 1.97. The summed E-state index contributed by atoms with van der Waals surface area (Å²) < 4.78 is 0. The highest BCUT2D eigenvalue weighted by molar-refractivity contribution is 5.74. The standard InChI is InChI=1S/C10H20N2O/c1-6-7-12(9(4)5)10(13)11-8(2)3/h6,8-9H,1,7H2,2-5H3,(H,11,13). The molecule has 0 bridgehead atoms. The molecular weight excluding hydrogens is 164 g/mol. The fourth-order valence-corrected chi connectivity index (χ4v) is 0.997. The highest BCUT2D eigenvalue weighted by atomic mass is 16.2. The molecule has 0 aliphatic heterocycles. The highest BCUT2D eigenvalue weighted by Crippen LogP contribution is 1.99. The fraction of sp³-hybridized carbons (Fsp3) is 0.700. The van der Waals surface area contributed by atoms with E-state index < -0.39 is 0 Å². The Balaban J connectivity index is 4.19. The summed E-state index contributed by atoms with van der Waals surface area (Å²) in [6.45, 7) is 12.1. The van der Waals surface area contributed by atoms with Crippen LogP contribution in [0.1, 0.15) is 27.7 Å². The lowest BCUT2D eigenvalue weighted by atomic mass is 10.3. The topological polar surface area (TPSA) is 32.3 Å². The van der Waals surface area contributed by atoms with Gasteiger partial charge >= 0.3 is 6.03 Å². The van der Waals surface area contributed by atoms with Gasteiger partial charge < -0.3 is 10.2 Å². The summed E-state index contributed by atoms with van der Waals surface area (Å²) in [5, 5.41) is 2.85. The summed E-state index contributed by atoms with van der Waals surface area (Å²) in [5.41, 5.74) is 0. The van der Waals surface area contributed by atoms with Crippen molar-refractivity contribution in [2.24, 2.45) is 0 Å². The Kier molecular flexibility index (Phi) is 5.19. The molecule has 0 unspecified atom stereocenters. The Hall–Kier alpha value is -0.990. The first-order valence-electron chi connectivity index (χ1n) is 4.67. The maximum absolute atomic E-state index is 11.6. The number of nitrogens with zero attached hydrogens (tertiary/aromatic N) is 1. The number of carbonyl (C=O) groups is 1. The summed E-state index contributed by atoms with van der Waals surface area (Å²) >= 11 is 0. The number of urea groups is 1. The van der Waals surface area contributed by atoms with E-state index in [1.54, 1.807) is 11.0 Å². The van der Waals surface area contributed by atoms with E-state index >= 15 is 0 Å². The second-order valence-electron chi connectivity index (χ2n) is 3.64. The van der Waals surface area contributed by atoms with Crippen LogP contribution < -0.4 is 5.32 Å². The molecule has 2 amide bonds. The Labute approximate surface area is 80.8 Å². The number of carbonyl (C=O) groups excluding carboxylic acids is 1. The van der Waals surface area contributed by atoms with Crippen molar-refractivity contribution in [3.8, 4) is 0 Å². The lowest BCUT2D eigenvalue weighted by molar-refractivity contribution is 0.188. The third kappa shape index (κ3) is 4.55. The molecule has 0 aromatic carbocycles. The van der Waals surface area contributed by atoms with Gasteiger partial charge in [0.2, 0.25) is 0 Å². The van der Waals surface area contributed by atoms with E-state index in [2.05, 4.69) is 11.9 Å². The number of nitrogens with one attached hydrogen (secondary N) is 1. The van der Waals surface area contributed by atoms with Gasteiger partial charge in [0.15, 0.2) is 0 Å². The molecule has 0 saturated carbocycles. The summed E-state index contributed by atoms with van der Waals surface area (Å²) in [5.74, 6) is 0. The minimum Gasteiger partial charge on any atom is -0.336 e. The minimum absolute atomic E-state index is 0.0232. The van der Waals surface area contributed by atoms with Gasteiger partial charge in [0.05, 0.1) is 0 Å². The van der Waals surface area contributed by atoms with Crippen molar-refractivity contribution in [3.05, 3.63) is 12.7 Å². The molecule has 0 atom stereocenters. The van der Waals surface area contributed by atoms with Crippen LogP contribution in [0.15, 0.2) is 12.7 Å². The molecule has 0 aromatic rings. The third-order valence-electron chi connectivity index (χ3n) is 1.62. The number of hydrogen-bond acceptors (Lipinski definition) is 1. The van der Waals surface area contributed by atoms with E-state index in [1.807, 2.05) is 27.7 Å². The lowest BCUT2D eigenvalue weighted by Gasteiger charge is -2.26. The molecule has 0 rings (SSSR count). The first-order chi connectivity index (χ1) is 5.99. The van der Waals surface area contributed by atoms with Crippen LogP contribution in [-0.4, -0.2) is 29.6 Å². The predicted octanol–water partition coefficient (Wildman–Crippen LogP) is 2.00. The molecule has 0 heterocycles. The van der Waals surface area contributed by atoms with E-state index in [0.717, 1.165) is 0 Å². The second kappa shape index (κ2) is 5.62. The van der Waals surface area contributed by atoms with E-state index in [9.17, 15) is 4.79 Å². The lowest BCUT2D eigenvalue weighted by Crippen LogP contribution is -2.46. The number of amides is 2. The van der Waals surface area contributed by atoms with Crippen LogP contribution in [0.3, 0.4) is 0 Å². The molecule has 76 valence electrons. The zero-order chi connectivity index (χ0) is 10.4. The number of rotatable bonds is 4. The van der Waals surface area contributed by atoms with Gasteiger partial charge in [-0.1, -0.05) is 6.08 Å². The summed E-state index contributed by atoms with van der Waals surface area (Å²) in [6.07, 6.45) is 1.74. The van der Waals surface area contributed by atoms with Crippen LogP contribution in [0.5, 0.6) is 0 Å². The van der Waals surface area contributed by atoms with Crippen molar-refractivity contribution in [3.63, 3.8) is 0 Å². The van der Waals surface area contributed by atoms with Crippen LogP contribution in [-0.2, 0) is 0 Å². The molecule has 0 aliphatic rings. The second-order valence-corrected chi connectivity index (χ2v) is 3.64. The van der Waals surface area contributed by atoms with Crippen LogP contribution in [0, 0.1) is 0 Å². The van der Waals surface area contributed by atoms with E-state index in [4.69, 9.17) is 0 Å². The van der Waals surface area contributed by atoms with Gasteiger partial charge in [0.25, 0.3) is 0 Å². The largest absolute Gasteiger partial charge is 0.336 e. The zero-order valence-electron chi connectivity index (χ0n) is 9.00. The molecular formula is C10H20N2O. The molecule has 3 heteroatoms. The van der Waals surface area contributed by atoms with Crippen molar-refractivity contribution >= 4 is 6.03 Å².